The second-order valence-electron chi connectivity index (χ2n) is 10.2. The highest BCUT2D eigenvalue weighted by atomic mass is 19.3. The van der Waals surface area contributed by atoms with Crippen molar-refractivity contribution in [3.05, 3.63) is 65.2 Å². The van der Waals surface area contributed by atoms with Crippen molar-refractivity contribution in [2.45, 2.75) is 70.2 Å². The average Bonchev–Trinajstić information content (AvgIpc) is 3.46. The molecule has 7 heteroatoms. The van der Waals surface area contributed by atoms with Crippen molar-refractivity contribution in [3.63, 3.8) is 0 Å². The van der Waals surface area contributed by atoms with Crippen LogP contribution in [0.2, 0.25) is 0 Å². The summed E-state index contributed by atoms with van der Waals surface area (Å²) < 4.78 is 36.2. The van der Waals surface area contributed by atoms with E-state index in [1.165, 1.54) is 44.2 Å². The minimum atomic E-state index is -3.71. The first-order chi connectivity index (χ1) is 17.4. The summed E-state index contributed by atoms with van der Waals surface area (Å²) in [6, 6.07) is 15.2. The number of benzene rings is 2. The number of likely N-dealkylation sites (tertiary alicyclic amines) is 1. The minimum Gasteiger partial charge on any atom is -0.395 e. The third-order valence-corrected chi connectivity index (χ3v) is 7.49. The van der Waals surface area contributed by atoms with Gasteiger partial charge in [-0.05, 0) is 62.9 Å². The van der Waals surface area contributed by atoms with Gasteiger partial charge in [0.2, 0.25) is 0 Å². The Kier molecular flexibility index (Phi) is 7.28. The lowest BCUT2D eigenvalue weighted by atomic mass is 9.93. The zero-order chi connectivity index (χ0) is 25.1. The second kappa shape index (κ2) is 10.6. The standard InChI is InChI=1S/C29H34F2N2O3/c1-21(17-22-9-4-2-5-10-22)19-32(20-25-13-8-16-33(25)24-11-6-3-7-12-24)28(34)23-14-15-26-27(18-23)36-29(30,31)35-26/h2,4-5,9-10,14-15,17-18,24-25H,3,6-8,11-13,16,19-20H2,1H3/t25-/m0/s1. The van der Waals surface area contributed by atoms with Crippen molar-refractivity contribution in [2.75, 3.05) is 19.6 Å². The SMILES string of the molecule is CC(=Cc1ccccc1)CN(C[C@@H]1CCCN1C1CCCCC1)C(=O)c1ccc2c(c1)OC(F)(F)O2. The molecule has 5 nitrogen and oxygen atoms in total. The van der Waals surface area contributed by atoms with Gasteiger partial charge in [0.05, 0.1) is 0 Å². The predicted octanol–water partition coefficient (Wildman–Crippen LogP) is 6.35. The Hall–Kier alpha value is -2.93. The van der Waals surface area contributed by atoms with Gasteiger partial charge in [-0.1, -0.05) is 61.2 Å². The van der Waals surface area contributed by atoms with Gasteiger partial charge in [0, 0.05) is 30.7 Å². The van der Waals surface area contributed by atoms with Crippen LogP contribution in [-0.4, -0.2) is 53.7 Å². The molecule has 0 unspecified atom stereocenters. The van der Waals surface area contributed by atoms with E-state index in [-0.39, 0.29) is 17.4 Å². The first-order valence-electron chi connectivity index (χ1n) is 13.0. The highest BCUT2D eigenvalue weighted by Crippen LogP contribution is 2.41. The van der Waals surface area contributed by atoms with Crippen LogP contribution in [0.15, 0.2) is 54.1 Å². The van der Waals surface area contributed by atoms with E-state index in [2.05, 4.69) is 20.4 Å². The van der Waals surface area contributed by atoms with Crippen LogP contribution < -0.4 is 9.47 Å². The van der Waals surface area contributed by atoms with Gasteiger partial charge in [-0.15, -0.1) is 8.78 Å². The highest BCUT2D eigenvalue weighted by molar-refractivity contribution is 5.95. The first-order valence-corrected chi connectivity index (χ1v) is 13.0. The fraction of sp³-hybridized carbons (Fsp3) is 0.483. The van der Waals surface area contributed by atoms with Gasteiger partial charge < -0.3 is 14.4 Å². The fourth-order valence-corrected chi connectivity index (χ4v) is 5.87. The number of ether oxygens (including phenoxy) is 2. The summed E-state index contributed by atoms with van der Waals surface area (Å²) in [6.45, 7) is 4.18. The lowest BCUT2D eigenvalue weighted by Crippen LogP contribution is -2.47. The molecule has 0 bridgehead atoms. The number of carbonyl (C=O) groups excluding carboxylic acids is 1. The van der Waals surface area contributed by atoms with Crippen LogP contribution in [0.3, 0.4) is 0 Å². The Bertz CT molecular complexity index is 1100. The topological polar surface area (TPSA) is 42.0 Å². The van der Waals surface area contributed by atoms with Crippen LogP contribution in [0.4, 0.5) is 8.78 Å². The number of carbonyl (C=O) groups is 1. The van der Waals surface area contributed by atoms with Crippen molar-refractivity contribution in [2.24, 2.45) is 0 Å². The number of alkyl halides is 2. The van der Waals surface area contributed by atoms with Gasteiger partial charge in [-0.25, -0.2) is 0 Å². The third kappa shape index (κ3) is 5.72. The predicted molar refractivity (Wildman–Crippen MR) is 135 cm³/mol. The van der Waals surface area contributed by atoms with E-state index in [1.807, 2.05) is 42.2 Å². The minimum absolute atomic E-state index is 0.0532. The molecule has 2 aromatic rings. The van der Waals surface area contributed by atoms with E-state index >= 15 is 0 Å². The maximum absolute atomic E-state index is 13.8. The molecule has 1 atom stereocenters. The van der Waals surface area contributed by atoms with Gasteiger partial charge in [0.15, 0.2) is 11.5 Å². The molecular weight excluding hydrogens is 462 g/mol. The molecule has 0 aromatic heterocycles. The highest BCUT2D eigenvalue weighted by Gasteiger charge is 2.43. The van der Waals surface area contributed by atoms with Gasteiger partial charge in [-0.2, -0.15) is 0 Å². The number of rotatable bonds is 7. The van der Waals surface area contributed by atoms with Gasteiger partial charge in [0.1, 0.15) is 0 Å². The second-order valence-corrected chi connectivity index (χ2v) is 10.2. The molecule has 36 heavy (non-hydrogen) atoms. The number of hydrogen-bond donors (Lipinski definition) is 0. The first kappa shape index (κ1) is 24.8. The van der Waals surface area contributed by atoms with Crippen molar-refractivity contribution in [3.8, 4) is 11.5 Å². The van der Waals surface area contributed by atoms with Crippen molar-refractivity contribution < 1.29 is 23.0 Å². The largest absolute Gasteiger partial charge is 0.586 e. The van der Waals surface area contributed by atoms with E-state index in [1.54, 1.807) is 6.07 Å². The molecule has 2 aliphatic heterocycles. The molecule has 0 N–H and O–H groups in total. The Morgan fingerprint density at radius 1 is 1.03 bits per heavy atom. The molecule has 3 aliphatic rings. The lowest BCUT2D eigenvalue weighted by molar-refractivity contribution is -0.286. The molecular formula is C29H34F2N2O3. The maximum Gasteiger partial charge on any atom is 0.586 e. The van der Waals surface area contributed by atoms with E-state index in [4.69, 9.17) is 0 Å². The maximum atomic E-state index is 13.8. The number of hydrogen-bond acceptors (Lipinski definition) is 4. The molecule has 0 radical (unpaired) electrons. The van der Waals surface area contributed by atoms with Crippen molar-refractivity contribution in [1.82, 2.24) is 9.80 Å². The van der Waals surface area contributed by atoms with E-state index in [0.29, 0.717) is 30.7 Å². The molecule has 2 aromatic carbocycles. The van der Waals surface area contributed by atoms with E-state index in [0.717, 1.165) is 30.5 Å². The summed E-state index contributed by atoms with van der Waals surface area (Å²) >= 11 is 0. The van der Waals surface area contributed by atoms with Gasteiger partial charge in [-0.3, -0.25) is 9.69 Å². The molecule has 0 spiro atoms. The van der Waals surface area contributed by atoms with Crippen molar-refractivity contribution in [1.29, 1.82) is 0 Å². The normalized spacial score (nSPS) is 22.1. The van der Waals surface area contributed by atoms with E-state index < -0.39 is 6.29 Å². The van der Waals surface area contributed by atoms with Gasteiger partial charge in [0.25, 0.3) is 5.91 Å². The Labute approximate surface area is 211 Å². The summed E-state index contributed by atoms with van der Waals surface area (Å²) in [7, 11) is 0. The van der Waals surface area contributed by atoms with Gasteiger partial charge >= 0.3 is 6.29 Å². The third-order valence-electron chi connectivity index (χ3n) is 7.49. The molecule has 5 rings (SSSR count). The summed E-state index contributed by atoms with van der Waals surface area (Å²) in [6.07, 6.45) is 6.91. The molecule has 2 fully saturated rings. The summed E-state index contributed by atoms with van der Waals surface area (Å²) in [5.74, 6) is -0.345. The van der Waals surface area contributed by atoms with Crippen LogP contribution in [0.1, 0.15) is 67.8 Å². The quantitative estimate of drug-likeness (QED) is 0.448. The Morgan fingerprint density at radius 2 is 1.78 bits per heavy atom. The average molecular weight is 497 g/mol. The van der Waals surface area contributed by atoms with Crippen molar-refractivity contribution >= 4 is 12.0 Å². The number of halogens is 2. The molecule has 1 aliphatic carbocycles. The number of amides is 1. The summed E-state index contributed by atoms with van der Waals surface area (Å²) in [4.78, 5) is 18.3. The molecule has 2 heterocycles. The molecule has 1 saturated carbocycles. The zero-order valence-electron chi connectivity index (χ0n) is 20.8. The van der Waals surface area contributed by atoms with Crippen LogP contribution in [0.25, 0.3) is 6.08 Å². The Morgan fingerprint density at radius 3 is 2.56 bits per heavy atom. The monoisotopic (exact) mass is 496 g/mol. The van der Waals surface area contributed by atoms with Crippen LogP contribution in [0, 0.1) is 0 Å². The summed E-state index contributed by atoms with van der Waals surface area (Å²) in [5, 5.41) is 0. The Balaban J connectivity index is 1.38. The summed E-state index contributed by atoms with van der Waals surface area (Å²) in [5.41, 5.74) is 2.46. The zero-order valence-corrected chi connectivity index (χ0v) is 20.8. The number of fused-ring (bicyclic) bond motifs is 1. The number of nitrogens with zero attached hydrogens (tertiary/aromatic N) is 2. The molecule has 1 saturated heterocycles. The fourth-order valence-electron chi connectivity index (χ4n) is 5.87. The van der Waals surface area contributed by atoms with Crippen LogP contribution in [-0.2, 0) is 0 Å². The molecule has 1 amide bonds. The van der Waals surface area contributed by atoms with E-state index in [9.17, 15) is 13.6 Å². The molecule has 192 valence electrons. The lowest BCUT2D eigenvalue weighted by Gasteiger charge is -2.38. The van der Waals surface area contributed by atoms with Crippen LogP contribution >= 0.6 is 0 Å². The smallest absolute Gasteiger partial charge is 0.395 e. The van der Waals surface area contributed by atoms with Crippen LogP contribution in [0.5, 0.6) is 11.5 Å².